The van der Waals surface area contributed by atoms with Gasteiger partial charge in [0.2, 0.25) is 5.91 Å². The van der Waals surface area contributed by atoms with Crippen LogP contribution >= 0.6 is 11.3 Å². The Labute approximate surface area is 148 Å². The highest BCUT2D eigenvalue weighted by Gasteiger charge is 2.55. The number of carbonyl (C=O) groups excluding carboxylic acids is 1. The molecule has 8 heteroatoms. The van der Waals surface area contributed by atoms with Gasteiger partial charge in [-0.1, -0.05) is 11.3 Å². The molecule has 2 bridgehead atoms. The Balaban J connectivity index is 1.54. The van der Waals surface area contributed by atoms with Crippen LogP contribution in [0.15, 0.2) is 18.2 Å². The fraction of sp³-hybridized carbons (Fsp3) is 0.471. The molecular weight excluding hydrogens is 344 g/mol. The number of carbonyl (C=O) groups is 2. The maximum atomic E-state index is 12.7. The fourth-order valence-corrected chi connectivity index (χ4v) is 4.63. The molecule has 4 rings (SSSR count). The molecule has 2 aromatic rings. The Morgan fingerprint density at radius 3 is 2.84 bits per heavy atom. The maximum absolute atomic E-state index is 12.7. The molecule has 25 heavy (non-hydrogen) atoms. The van der Waals surface area contributed by atoms with Crippen LogP contribution in [0.1, 0.15) is 19.8 Å². The molecule has 2 N–H and O–H groups in total. The number of amides is 1. The molecular formula is C17H18N2O5S. The molecule has 4 atom stereocenters. The molecule has 1 amide bonds. The van der Waals surface area contributed by atoms with Crippen LogP contribution in [0.3, 0.4) is 0 Å². The summed E-state index contributed by atoms with van der Waals surface area (Å²) < 4.78 is 12.0. The minimum atomic E-state index is -0.974. The first-order valence-electron chi connectivity index (χ1n) is 8.29. The molecule has 0 spiro atoms. The minimum Gasteiger partial charge on any atom is -0.494 e. The molecule has 2 saturated heterocycles. The van der Waals surface area contributed by atoms with Crippen molar-refractivity contribution in [1.29, 1.82) is 0 Å². The van der Waals surface area contributed by atoms with Gasteiger partial charge >= 0.3 is 5.97 Å². The largest absolute Gasteiger partial charge is 0.494 e. The summed E-state index contributed by atoms with van der Waals surface area (Å²) in [4.78, 5) is 28.6. The SMILES string of the molecule is CCOc1ccc2nc(NC(=O)[C@@H]3[C@@H](C(=O)O)[C@@H]4CC[C@@H]3O4)sc2c1. The van der Waals surface area contributed by atoms with Crippen LogP contribution in [0, 0.1) is 11.8 Å². The Bertz CT molecular complexity index is 836. The first-order chi connectivity index (χ1) is 12.1. The van der Waals surface area contributed by atoms with E-state index in [1.807, 2.05) is 25.1 Å². The monoisotopic (exact) mass is 362 g/mol. The molecule has 0 aliphatic carbocycles. The number of fused-ring (bicyclic) bond motifs is 3. The quantitative estimate of drug-likeness (QED) is 0.848. The van der Waals surface area contributed by atoms with Crippen molar-refractivity contribution in [2.24, 2.45) is 11.8 Å². The highest BCUT2D eigenvalue weighted by Crippen LogP contribution is 2.44. The number of ether oxygens (including phenoxy) is 2. The summed E-state index contributed by atoms with van der Waals surface area (Å²) in [6, 6.07) is 5.56. The molecule has 0 radical (unpaired) electrons. The van der Waals surface area contributed by atoms with E-state index < -0.39 is 17.8 Å². The molecule has 0 saturated carbocycles. The molecule has 132 valence electrons. The van der Waals surface area contributed by atoms with Gasteiger partial charge in [-0.3, -0.25) is 9.59 Å². The first kappa shape index (κ1) is 16.3. The topological polar surface area (TPSA) is 97.8 Å². The van der Waals surface area contributed by atoms with Gasteiger partial charge in [-0.05, 0) is 38.0 Å². The van der Waals surface area contributed by atoms with E-state index in [0.717, 1.165) is 22.4 Å². The van der Waals surface area contributed by atoms with Crippen molar-refractivity contribution >= 4 is 38.6 Å². The normalized spacial score (nSPS) is 27.6. The van der Waals surface area contributed by atoms with Gasteiger partial charge in [0, 0.05) is 0 Å². The molecule has 2 aliphatic rings. The van der Waals surface area contributed by atoms with Crippen molar-refractivity contribution in [2.45, 2.75) is 32.0 Å². The molecule has 7 nitrogen and oxygen atoms in total. The molecule has 0 unspecified atom stereocenters. The number of rotatable bonds is 5. The van der Waals surface area contributed by atoms with Crippen molar-refractivity contribution in [3.05, 3.63) is 18.2 Å². The van der Waals surface area contributed by atoms with E-state index in [0.29, 0.717) is 18.2 Å². The first-order valence-corrected chi connectivity index (χ1v) is 9.11. The van der Waals surface area contributed by atoms with Crippen molar-refractivity contribution < 1.29 is 24.2 Å². The maximum Gasteiger partial charge on any atom is 0.310 e. The van der Waals surface area contributed by atoms with Crippen LogP contribution in [-0.4, -0.2) is 40.8 Å². The molecule has 2 fully saturated rings. The van der Waals surface area contributed by atoms with Crippen LogP contribution in [0.4, 0.5) is 5.13 Å². The smallest absolute Gasteiger partial charge is 0.310 e. The summed E-state index contributed by atoms with van der Waals surface area (Å²) in [5.41, 5.74) is 0.766. The summed E-state index contributed by atoms with van der Waals surface area (Å²) in [5, 5.41) is 12.7. The second-order valence-corrected chi connectivity index (χ2v) is 7.28. The lowest BCUT2D eigenvalue weighted by molar-refractivity contribution is -0.147. The van der Waals surface area contributed by atoms with E-state index in [1.54, 1.807) is 0 Å². The second-order valence-electron chi connectivity index (χ2n) is 6.25. The van der Waals surface area contributed by atoms with Gasteiger partial charge in [0.05, 0.1) is 40.9 Å². The number of hydrogen-bond acceptors (Lipinski definition) is 6. The number of aliphatic carboxylic acids is 1. The molecule has 1 aromatic heterocycles. The lowest BCUT2D eigenvalue weighted by atomic mass is 9.79. The fourth-order valence-electron chi connectivity index (χ4n) is 3.73. The Morgan fingerprint density at radius 1 is 1.36 bits per heavy atom. The van der Waals surface area contributed by atoms with Crippen LogP contribution < -0.4 is 10.1 Å². The third kappa shape index (κ3) is 2.85. The standard InChI is InChI=1S/C17H18N2O5S/c1-2-23-8-3-4-9-12(7-8)25-17(18-9)19-15(20)13-10-5-6-11(24-10)14(13)16(21)22/h3-4,7,10-11,13-14H,2,5-6H2,1H3,(H,21,22)(H,18,19,20)/t10-,11-,13-,14-/m0/s1. The van der Waals surface area contributed by atoms with E-state index >= 15 is 0 Å². The van der Waals surface area contributed by atoms with Gasteiger partial charge in [-0.2, -0.15) is 0 Å². The number of carboxylic acid groups (broad SMARTS) is 1. The number of nitrogens with one attached hydrogen (secondary N) is 1. The van der Waals surface area contributed by atoms with Gasteiger partial charge in [0.1, 0.15) is 5.75 Å². The lowest BCUT2D eigenvalue weighted by Crippen LogP contribution is -2.40. The van der Waals surface area contributed by atoms with E-state index in [2.05, 4.69) is 10.3 Å². The number of anilines is 1. The van der Waals surface area contributed by atoms with E-state index in [-0.39, 0.29) is 18.1 Å². The average molecular weight is 362 g/mol. The zero-order valence-corrected chi connectivity index (χ0v) is 14.4. The van der Waals surface area contributed by atoms with Gasteiger partial charge in [-0.25, -0.2) is 4.98 Å². The number of hydrogen-bond donors (Lipinski definition) is 2. The van der Waals surface area contributed by atoms with Gasteiger partial charge in [0.15, 0.2) is 5.13 Å². The van der Waals surface area contributed by atoms with Crippen molar-refractivity contribution in [3.63, 3.8) is 0 Å². The molecule has 2 aliphatic heterocycles. The second kappa shape index (κ2) is 6.27. The highest BCUT2D eigenvalue weighted by molar-refractivity contribution is 7.22. The van der Waals surface area contributed by atoms with E-state index in [4.69, 9.17) is 9.47 Å². The van der Waals surface area contributed by atoms with Crippen LogP contribution in [0.5, 0.6) is 5.75 Å². The Kier molecular flexibility index (Phi) is 4.09. The average Bonchev–Trinajstić information content (AvgIpc) is 3.27. The van der Waals surface area contributed by atoms with Crippen molar-refractivity contribution in [1.82, 2.24) is 4.98 Å². The van der Waals surface area contributed by atoms with Crippen LogP contribution in [0.2, 0.25) is 0 Å². The summed E-state index contributed by atoms with van der Waals surface area (Å²) in [6.45, 7) is 2.49. The minimum absolute atomic E-state index is 0.315. The highest BCUT2D eigenvalue weighted by atomic mass is 32.1. The number of thiazole rings is 1. The molecule has 3 heterocycles. The third-order valence-electron chi connectivity index (χ3n) is 4.76. The summed E-state index contributed by atoms with van der Waals surface area (Å²) in [5.74, 6) is -1.99. The Morgan fingerprint density at radius 2 is 2.12 bits per heavy atom. The summed E-state index contributed by atoms with van der Waals surface area (Å²) in [6.07, 6.45) is 0.754. The predicted molar refractivity (Wildman–Crippen MR) is 91.9 cm³/mol. The number of carboxylic acids is 1. The lowest BCUT2D eigenvalue weighted by Gasteiger charge is -2.23. The van der Waals surface area contributed by atoms with E-state index in [1.165, 1.54) is 11.3 Å². The third-order valence-corrected chi connectivity index (χ3v) is 5.70. The van der Waals surface area contributed by atoms with Gasteiger partial charge in [0.25, 0.3) is 0 Å². The van der Waals surface area contributed by atoms with E-state index in [9.17, 15) is 14.7 Å². The van der Waals surface area contributed by atoms with Gasteiger partial charge in [-0.15, -0.1) is 0 Å². The summed E-state index contributed by atoms with van der Waals surface area (Å²) >= 11 is 1.34. The number of benzene rings is 1. The van der Waals surface area contributed by atoms with Crippen LogP contribution in [-0.2, 0) is 14.3 Å². The summed E-state index contributed by atoms with van der Waals surface area (Å²) in [7, 11) is 0. The van der Waals surface area contributed by atoms with Gasteiger partial charge < -0.3 is 19.9 Å². The van der Waals surface area contributed by atoms with Crippen molar-refractivity contribution in [3.8, 4) is 5.75 Å². The molecule has 1 aromatic carbocycles. The number of aromatic nitrogens is 1. The number of nitrogens with zero attached hydrogens (tertiary/aromatic N) is 1. The zero-order valence-electron chi connectivity index (χ0n) is 13.6. The zero-order chi connectivity index (χ0) is 17.6. The van der Waals surface area contributed by atoms with Crippen LogP contribution in [0.25, 0.3) is 10.2 Å². The van der Waals surface area contributed by atoms with Crippen molar-refractivity contribution in [2.75, 3.05) is 11.9 Å². The predicted octanol–water partition coefficient (Wildman–Crippen LogP) is 2.51. The Hall–Kier alpha value is -2.19.